The van der Waals surface area contributed by atoms with Crippen molar-refractivity contribution < 1.29 is 0 Å². The van der Waals surface area contributed by atoms with Crippen LogP contribution in [-0.2, 0) is 0 Å². The van der Waals surface area contributed by atoms with E-state index >= 15 is 0 Å². The van der Waals surface area contributed by atoms with Crippen LogP contribution in [0.1, 0.15) is 34.1 Å². The zero-order valence-corrected chi connectivity index (χ0v) is 13.0. The molecule has 2 nitrogen and oxygen atoms in total. The molecule has 0 unspecified atom stereocenters. The molecule has 2 heteroatoms. The summed E-state index contributed by atoms with van der Waals surface area (Å²) in [7, 11) is 0. The molecule has 0 radical (unpaired) electrons. The Labute approximate surface area is 119 Å². The van der Waals surface area contributed by atoms with E-state index in [2.05, 4.69) is 68.2 Å². The minimum absolute atomic E-state index is 0.751. The largest absolute Gasteiger partial charge is 0.385 e. The number of nitrogens with one attached hydrogen (secondary N) is 1. The van der Waals surface area contributed by atoms with Crippen molar-refractivity contribution in [2.24, 2.45) is 11.8 Å². The minimum Gasteiger partial charge on any atom is -0.385 e. The second-order valence-corrected chi connectivity index (χ2v) is 6.19. The molecule has 0 aliphatic carbocycles. The van der Waals surface area contributed by atoms with Gasteiger partial charge in [-0.15, -0.1) is 0 Å². The van der Waals surface area contributed by atoms with Crippen LogP contribution in [0, 0.1) is 11.8 Å². The Hall–Kier alpha value is -1.02. The average molecular weight is 262 g/mol. The molecule has 0 saturated heterocycles. The lowest BCUT2D eigenvalue weighted by Crippen LogP contribution is -2.33. The summed E-state index contributed by atoms with van der Waals surface area (Å²) in [4.78, 5) is 2.60. The maximum absolute atomic E-state index is 3.48. The van der Waals surface area contributed by atoms with Crippen LogP contribution in [0.5, 0.6) is 0 Å². The van der Waals surface area contributed by atoms with E-state index in [-0.39, 0.29) is 0 Å². The number of rotatable bonds is 9. The first-order chi connectivity index (χ1) is 9.08. The van der Waals surface area contributed by atoms with Gasteiger partial charge in [0.2, 0.25) is 0 Å². The molecule has 0 saturated carbocycles. The van der Waals surface area contributed by atoms with Crippen molar-refractivity contribution in [3.63, 3.8) is 0 Å². The van der Waals surface area contributed by atoms with Gasteiger partial charge >= 0.3 is 0 Å². The highest BCUT2D eigenvalue weighted by Gasteiger charge is 2.08. The van der Waals surface area contributed by atoms with Crippen molar-refractivity contribution >= 4 is 5.69 Å². The molecular weight excluding hydrogens is 232 g/mol. The van der Waals surface area contributed by atoms with Crippen molar-refractivity contribution in [1.82, 2.24) is 4.90 Å². The van der Waals surface area contributed by atoms with Crippen molar-refractivity contribution in [2.45, 2.75) is 34.1 Å². The highest BCUT2D eigenvalue weighted by Crippen LogP contribution is 2.07. The van der Waals surface area contributed by atoms with Crippen LogP contribution in [0.15, 0.2) is 30.3 Å². The maximum atomic E-state index is 3.48. The Balaban J connectivity index is 2.23. The van der Waals surface area contributed by atoms with Crippen LogP contribution in [0.3, 0.4) is 0 Å². The van der Waals surface area contributed by atoms with Gasteiger partial charge < -0.3 is 10.2 Å². The lowest BCUT2D eigenvalue weighted by atomic mass is 10.1. The highest BCUT2D eigenvalue weighted by atomic mass is 15.1. The van der Waals surface area contributed by atoms with E-state index in [9.17, 15) is 0 Å². The maximum Gasteiger partial charge on any atom is 0.0340 e. The Bertz CT molecular complexity index is 309. The summed E-state index contributed by atoms with van der Waals surface area (Å²) >= 11 is 0. The quantitative estimate of drug-likeness (QED) is 0.674. The van der Waals surface area contributed by atoms with E-state index < -0.39 is 0 Å². The van der Waals surface area contributed by atoms with Crippen LogP contribution in [0.2, 0.25) is 0 Å². The number of anilines is 1. The molecule has 0 aliphatic rings. The first kappa shape index (κ1) is 16.0. The summed E-state index contributed by atoms with van der Waals surface area (Å²) in [6.07, 6.45) is 1.20. The second kappa shape index (κ2) is 8.98. The summed E-state index contributed by atoms with van der Waals surface area (Å²) in [5, 5.41) is 3.48. The number of hydrogen-bond donors (Lipinski definition) is 1. The van der Waals surface area contributed by atoms with Gasteiger partial charge in [-0.2, -0.15) is 0 Å². The number of para-hydroxylation sites is 1. The predicted octanol–water partition coefficient (Wildman–Crippen LogP) is 4.10. The second-order valence-electron chi connectivity index (χ2n) is 6.19. The molecule has 0 atom stereocenters. The molecule has 1 aromatic carbocycles. The molecule has 108 valence electrons. The van der Waals surface area contributed by atoms with Gasteiger partial charge in [0, 0.05) is 25.3 Å². The lowest BCUT2D eigenvalue weighted by molar-refractivity contribution is 0.219. The Kier molecular flexibility index (Phi) is 7.57. The van der Waals surface area contributed by atoms with Gasteiger partial charge in [-0.1, -0.05) is 45.9 Å². The molecule has 0 fully saturated rings. The topological polar surface area (TPSA) is 15.3 Å². The summed E-state index contributed by atoms with van der Waals surface area (Å²) in [6, 6.07) is 10.5. The van der Waals surface area contributed by atoms with E-state index in [1.807, 2.05) is 0 Å². The Morgan fingerprint density at radius 3 is 2.05 bits per heavy atom. The standard InChI is InChI=1S/C17H30N2/c1-15(2)13-19(14-16(3)4)12-8-11-18-17-9-6-5-7-10-17/h5-7,9-10,15-16,18H,8,11-14H2,1-4H3. The fraction of sp³-hybridized carbons (Fsp3) is 0.647. The van der Waals surface area contributed by atoms with Crippen molar-refractivity contribution in [2.75, 3.05) is 31.5 Å². The van der Waals surface area contributed by atoms with Gasteiger partial charge in [-0.05, 0) is 36.9 Å². The fourth-order valence-electron chi connectivity index (χ4n) is 2.38. The monoisotopic (exact) mass is 262 g/mol. The summed E-state index contributed by atoms with van der Waals surface area (Å²) < 4.78 is 0. The van der Waals surface area contributed by atoms with Crippen LogP contribution in [-0.4, -0.2) is 31.1 Å². The van der Waals surface area contributed by atoms with Gasteiger partial charge in [-0.25, -0.2) is 0 Å². The molecule has 0 spiro atoms. The summed E-state index contributed by atoms with van der Waals surface area (Å²) in [5.74, 6) is 1.50. The third-order valence-electron chi connectivity index (χ3n) is 3.00. The Morgan fingerprint density at radius 2 is 1.53 bits per heavy atom. The minimum atomic E-state index is 0.751. The van der Waals surface area contributed by atoms with E-state index in [1.165, 1.54) is 31.7 Å². The zero-order chi connectivity index (χ0) is 14.1. The SMILES string of the molecule is CC(C)CN(CCCNc1ccccc1)CC(C)C. The Morgan fingerprint density at radius 1 is 0.947 bits per heavy atom. The number of nitrogens with zero attached hydrogens (tertiary/aromatic N) is 1. The third kappa shape index (κ3) is 7.89. The molecule has 0 bridgehead atoms. The van der Waals surface area contributed by atoms with Crippen LogP contribution < -0.4 is 5.32 Å². The fourth-order valence-corrected chi connectivity index (χ4v) is 2.38. The van der Waals surface area contributed by atoms with Crippen LogP contribution >= 0.6 is 0 Å². The van der Waals surface area contributed by atoms with E-state index in [0.29, 0.717) is 0 Å². The normalized spacial score (nSPS) is 11.5. The van der Waals surface area contributed by atoms with Crippen molar-refractivity contribution in [3.05, 3.63) is 30.3 Å². The molecule has 1 N–H and O–H groups in total. The molecule has 1 rings (SSSR count). The van der Waals surface area contributed by atoms with Crippen LogP contribution in [0.4, 0.5) is 5.69 Å². The van der Waals surface area contributed by atoms with Gasteiger partial charge in [-0.3, -0.25) is 0 Å². The molecule has 19 heavy (non-hydrogen) atoms. The highest BCUT2D eigenvalue weighted by molar-refractivity contribution is 5.42. The number of hydrogen-bond acceptors (Lipinski definition) is 2. The van der Waals surface area contributed by atoms with Gasteiger partial charge in [0.25, 0.3) is 0 Å². The van der Waals surface area contributed by atoms with Gasteiger partial charge in [0.15, 0.2) is 0 Å². The molecule has 0 amide bonds. The molecule has 0 aromatic heterocycles. The zero-order valence-electron chi connectivity index (χ0n) is 13.0. The molecular formula is C17H30N2. The van der Waals surface area contributed by atoms with Crippen LogP contribution in [0.25, 0.3) is 0 Å². The van der Waals surface area contributed by atoms with E-state index in [1.54, 1.807) is 0 Å². The van der Waals surface area contributed by atoms with E-state index in [0.717, 1.165) is 18.4 Å². The van der Waals surface area contributed by atoms with Gasteiger partial charge in [0.1, 0.15) is 0 Å². The summed E-state index contributed by atoms with van der Waals surface area (Å²) in [6.45, 7) is 13.9. The molecule has 1 aromatic rings. The smallest absolute Gasteiger partial charge is 0.0340 e. The van der Waals surface area contributed by atoms with Crippen molar-refractivity contribution in [3.8, 4) is 0 Å². The lowest BCUT2D eigenvalue weighted by Gasteiger charge is -2.26. The first-order valence-corrected chi connectivity index (χ1v) is 7.59. The van der Waals surface area contributed by atoms with Crippen molar-refractivity contribution in [1.29, 1.82) is 0 Å². The van der Waals surface area contributed by atoms with Gasteiger partial charge in [0.05, 0.1) is 0 Å². The molecule has 0 aliphatic heterocycles. The first-order valence-electron chi connectivity index (χ1n) is 7.59. The molecule has 0 heterocycles. The third-order valence-corrected chi connectivity index (χ3v) is 3.00. The average Bonchev–Trinajstić information content (AvgIpc) is 2.34. The van der Waals surface area contributed by atoms with E-state index in [4.69, 9.17) is 0 Å². The number of benzene rings is 1. The predicted molar refractivity (Wildman–Crippen MR) is 85.7 cm³/mol. The summed E-state index contributed by atoms with van der Waals surface area (Å²) in [5.41, 5.74) is 1.22.